The zero-order chi connectivity index (χ0) is 13.8. The van der Waals surface area contributed by atoms with Gasteiger partial charge in [0, 0.05) is 23.2 Å². The van der Waals surface area contributed by atoms with E-state index in [0.717, 1.165) is 29.4 Å². The summed E-state index contributed by atoms with van der Waals surface area (Å²) in [5.41, 5.74) is 7.00. The molecule has 0 heterocycles. The van der Waals surface area contributed by atoms with Crippen molar-refractivity contribution < 1.29 is 4.74 Å². The molecule has 1 fully saturated rings. The summed E-state index contributed by atoms with van der Waals surface area (Å²) < 4.78 is 5.41. The number of ether oxygens (including phenoxy) is 1. The number of nitrogens with two attached hydrogens (primary N) is 1. The minimum atomic E-state index is 0.577. The van der Waals surface area contributed by atoms with Crippen LogP contribution in [0.1, 0.15) is 24.8 Å². The van der Waals surface area contributed by atoms with E-state index in [9.17, 15) is 0 Å². The topological polar surface area (TPSA) is 38.5 Å². The number of halogens is 1. The van der Waals surface area contributed by atoms with Gasteiger partial charge < -0.3 is 10.5 Å². The first-order valence-corrected chi connectivity index (χ1v) is 7.26. The standard InChI is InChI=1S/C15H23ClN2O/c1-18(14-5-3-4-11(14)9-17)10-12-8-13(16)6-7-15(12)19-2/h6-8,11,14H,3-5,9-10,17H2,1-2H3. The number of hydrogen-bond acceptors (Lipinski definition) is 3. The lowest BCUT2D eigenvalue weighted by molar-refractivity contribution is 0.191. The van der Waals surface area contributed by atoms with Crippen molar-refractivity contribution in [2.75, 3.05) is 20.7 Å². The Bertz CT molecular complexity index is 425. The van der Waals surface area contributed by atoms with Gasteiger partial charge in [-0.25, -0.2) is 0 Å². The Morgan fingerprint density at radius 3 is 2.89 bits per heavy atom. The van der Waals surface area contributed by atoms with Gasteiger partial charge in [-0.2, -0.15) is 0 Å². The molecule has 0 amide bonds. The molecule has 3 nitrogen and oxygen atoms in total. The molecule has 0 radical (unpaired) electrons. The van der Waals surface area contributed by atoms with Crippen molar-refractivity contribution in [2.24, 2.45) is 11.7 Å². The summed E-state index contributed by atoms with van der Waals surface area (Å²) in [4.78, 5) is 2.39. The largest absolute Gasteiger partial charge is 0.496 e. The number of benzene rings is 1. The number of hydrogen-bond donors (Lipinski definition) is 1. The number of methoxy groups -OCH3 is 1. The molecule has 2 N–H and O–H groups in total. The molecule has 0 bridgehead atoms. The fourth-order valence-electron chi connectivity index (χ4n) is 3.13. The van der Waals surface area contributed by atoms with E-state index in [1.807, 2.05) is 18.2 Å². The Kier molecular flexibility index (Phi) is 5.08. The predicted molar refractivity (Wildman–Crippen MR) is 79.7 cm³/mol. The lowest BCUT2D eigenvalue weighted by atomic mass is 10.0. The van der Waals surface area contributed by atoms with Crippen LogP contribution in [0.3, 0.4) is 0 Å². The summed E-state index contributed by atoms with van der Waals surface area (Å²) in [5.74, 6) is 1.52. The molecule has 1 aliphatic carbocycles. The van der Waals surface area contributed by atoms with Crippen LogP contribution in [0.25, 0.3) is 0 Å². The van der Waals surface area contributed by atoms with Crippen LogP contribution in [0.5, 0.6) is 5.75 Å². The van der Waals surface area contributed by atoms with Gasteiger partial charge in [-0.1, -0.05) is 18.0 Å². The first kappa shape index (κ1) is 14.6. The van der Waals surface area contributed by atoms with E-state index in [-0.39, 0.29) is 0 Å². The van der Waals surface area contributed by atoms with Gasteiger partial charge in [0.1, 0.15) is 5.75 Å². The Balaban J connectivity index is 2.09. The van der Waals surface area contributed by atoms with Crippen LogP contribution < -0.4 is 10.5 Å². The van der Waals surface area contributed by atoms with Gasteiger partial charge in [-0.05, 0) is 50.6 Å². The van der Waals surface area contributed by atoms with E-state index in [4.69, 9.17) is 22.1 Å². The normalized spacial score (nSPS) is 23.0. The van der Waals surface area contributed by atoms with Gasteiger partial charge in [0.25, 0.3) is 0 Å². The van der Waals surface area contributed by atoms with Gasteiger partial charge in [0.2, 0.25) is 0 Å². The van der Waals surface area contributed by atoms with E-state index >= 15 is 0 Å². The van der Waals surface area contributed by atoms with Gasteiger partial charge in [-0.15, -0.1) is 0 Å². The van der Waals surface area contributed by atoms with Gasteiger partial charge in [-0.3, -0.25) is 4.90 Å². The average Bonchev–Trinajstić information content (AvgIpc) is 2.87. The van der Waals surface area contributed by atoms with Gasteiger partial charge in [0.05, 0.1) is 7.11 Å². The molecule has 0 aromatic heterocycles. The third-order valence-electron chi connectivity index (χ3n) is 4.15. The summed E-state index contributed by atoms with van der Waals surface area (Å²) in [6.07, 6.45) is 3.77. The van der Waals surface area contributed by atoms with Crippen LogP contribution in [0, 0.1) is 5.92 Å². The zero-order valence-corrected chi connectivity index (χ0v) is 12.5. The number of nitrogens with zero attached hydrogens (tertiary/aromatic N) is 1. The number of rotatable bonds is 5. The monoisotopic (exact) mass is 282 g/mol. The summed E-state index contributed by atoms with van der Waals surface area (Å²) >= 11 is 6.08. The van der Waals surface area contributed by atoms with Crippen LogP contribution in [-0.4, -0.2) is 31.6 Å². The van der Waals surface area contributed by atoms with E-state index in [0.29, 0.717) is 12.0 Å². The SMILES string of the molecule is COc1ccc(Cl)cc1CN(C)C1CCCC1CN. The first-order valence-electron chi connectivity index (χ1n) is 6.88. The molecule has 2 unspecified atom stereocenters. The molecule has 0 spiro atoms. The molecule has 1 aromatic carbocycles. The zero-order valence-electron chi connectivity index (χ0n) is 11.7. The van der Waals surface area contributed by atoms with Crippen LogP contribution >= 0.6 is 11.6 Å². The van der Waals surface area contributed by atoms with Crippen molar-refractivity contribution in [1.82, 2.24) is 4.90 Å². The molecule has 2 rings (SSSR count). The molecule has 0 aliphatic heterocycles. The molecule has 2 atom stereocenters. The predicted octanol–water partition coefficient (Wildman–Crippen LogP) is 2.91. The average molecular weight is 283 g/mol. The highest BCUT2D eigenvalue weighted by Gasteiger charge is 2.29. The van der Waals surface area contributed by atoms with E-state index < -0.39 is 0 Å². The fraction of sp³-hybridized carbons (Fsp3) is 0.600. The molecule has 106 valence electrons. The molecular formula is C15H23ClN2O. The summed E-state index contributed by atoms with van der Waals surface area (Å²) in [6, 6.07) is 6.36. The summed E-state index contributed by atoms with van der Waals surface area (Å²) in [6.45, 7) is 1.63. The molecule has 0 saturated heterocycles. The fourth-order valence-corrected chi connectivity index (χ4v) is 3.32. The second-order valence-electron chi connectivity index (χ2n) is 5.37. The van der Waals surface area contributed by atoms with Crippen molar-refractivity contribution in [1.29, 1.82) is 0 Å². The van der Waals surface area contributed by atoms with Crippen molar-refractivity contribution in [2.45, 2.75) is 31.8 Å². The minimum Gasteiger partial charge on any atom is -0.496 e. The maximum Gasteiger partial charge on any atom is 0.123 e. The smallest absolute Gasteiger partial charge is 0.123 e. The molecule has 1 aromatic rings. The van der Waals surface area contributed by atoms with Crippen LogP contribution in [0.2, 0.25) is 5.02 Å². The molecule has 19 heavy (non-hydrogen) atoms. The third-order valence-corrected chi connectivity index (χ3v) is 4.39. The van der Waals surface area contributed by atoms with Crippen LogP contribution in [0.4, 0.5) is 0 Å². The third kappa shape index (κ3) is 3.41. The maximum atomic E-state index is 6.08. The van der Waals surface area contributed by atoms with Crippen LogP contribution in [0.15, 0.2) is 18.2 Å². The van der Waals surface area contributed by atoms with Crippen LogP contribution in [-0.2, 0) is 6.54 Å². The first-order chi connectivity index (χ1) is 9.15. The van der Waals surface area contributed by atoms with Gasteiger partial charge >= 0.3 is 0 Å². The van der Waals surface area contributed by atoms with E-state index in [1.165, 1.54) is 19.3 Å². The highest BCUT2D eigenvalue weighted by atomic mass is 35.5. The lowest BCUT2D eigenvalue weighted by Gasteiger charge is -2.29. The molecule has 1 saturated carbocycles. The van der Waals surface area contributed by atoms with Gasteiger partial charge in [0.15, 0.2) is 0 Å². The molecular weight excluding hydrogens is 260 g/mol. The Hall–Kier alpha value is -0.770. The lowest BCUT2D eigenvalue weighted by Crippen LogP contribution is -2.37. The minimum absolute atomic E-state index is 0.577. The molecule has 1 aliphatic rings. The van der Waals surface area contributed by atoms with E-state index in [2.05, 4.69) is 11.9 Å². The quantitative estimate of drug-likeness (QED) is 0.902. The second kappa shape index (κ2) is 6.60. The summed E-state index contributed by atoms with van der Waals surface area (Å²) in [5, 5.41) is 0.756. The van der Waals surface area contributed by atoms with Crippen molar-refractivity contribution in [3.63, 3.8) is 0 Å². The maximum absolute atomic E-state index is 6.08. The highest BCUT2D eigenvalue weighted by Crippen LogP contribution is 2.31. The Labute approximate surface area is 120 Å². The Morgan fingerprint density at radius 2 is 2.21 bits per heavy atom. The highest BCUT2D eigenvalue weighted by molar-refractivity contribution is 6.30. The Morgan fingerprint density at radius 1 is 1.42 bits per heavy atom. The second-order valence-corrected chi connectivity index (χ2v) is 5.80. The summed E-state index contributed by atoms with van der Waals surface area (Å²) in [7, 11) is 3.87. The van der Waals surface area contributed by atoms with E-state index in [1.54, 1.807) is 7.11 Å². The van der Waals surface area contributed by atoms with Crippen molar-refractivity contribution in [3.05, 3.63) is 28.8 Å². The molecule has 4 heteroatoms. The van der Waals surface area contributed by atoms with Crippen molar-refractivity contribution in [3.8, 4) is 5.75 Å². The van der Waals surface area contributed by atoms with Crippen molar-refractivity contribution >= 4 is 11.6 Å².